The van der Waals surface area contributed by atoms with E-state index in [4.69, 9.17) is 10.5 Å². The van der Waals surface area contributed by atoms with Crippen LogP contribution in [0.15, 0.2) is 24.3 Å². The number of halogens is 1. The highest BCUT2D eigenvalue weighted by atomic mass is 19.1. The van der Waals surface area contributed by atoms with E-state index in [-0.39, 0.29) is 5.82 Å². The van der Waals surface area contributed by atoms with Crippen LogP contribution < -0.4 is 10.6 Å². The molecule has 0 heterocycles. The predicted molar refractivity (Wildman–Crippen MR) is 82.6 cm³/mol. The van der Waals surface area contributed by atoms with Crippen molar-refractivity contribution in [3.8, 4) is 0 Å². The molecular weight excluding hydrogens is 255 g/mol. The van der Waals surface area contributed by atoms with Crippen molar-refractivity contribution in [2.45, 2.75) is 26.7 Å². The molecule has 114 valence electrons. The molecule has 0 fully saturated rings. The van der Waals surface area contributed by atoms with Gasteiger partial charge in [-0.05, 0) is 37.4 Å². The van der Waals surface area contributed by atoms with Gasteiger partial charge < -0.3 is 15.4 Å². The SMILES string of the molecule is CC(C)CCOCCN(CCCN)c1ccccc1F. The number of nitrogens with zero attached hydrogens (tertiary/aromatic N) is 1. The van der Waals surface area contributed by atoms with Crippen LogP contribution in [0.1, 0.15) is 26.7 Å². The molecule has 0 saturated heterocycles. The van der Waals surface area contributed by atoms with Crippen LogP contribution >= 0.6 is 0 Å². The number of ether oxygens (including phenoxy) is 1. The van der Waals surface area contributed by atoms with Gasteiger partial charge in [-0.15, -0.1) is 0 Å². The minimum Gasteiger partial charge on any atom is -0.380 e. The quantitative estimate of drug-likeness (QED) is 0.670. The Morgan fingerprint density at radius 2 is 1.95 bits per heavy atom. The predicted octanol–water partition coefficient (Wildman–Crippen LogP) is 3.04. The van der Waals surface area contributed by atoms with Crippen LogP contribution in [0.5, 0.6) is 0 Å². The molecule has 0 amide bonds. The maximum absolute atomic E-state index is 13.8. The highest BCUT2D eigenvalue weighted by molar-refractivity contribution is 5.47. The van der Waals surface area contributed by atoms with Crippen molar-refractivity contribution in [1.29, 1.82) is 0 Å². The third-order valence-corrected chi connectivity index (χ3v) is 3.17. The number of anilines is 1. The van der Waals surface area contributed by atoms with Crippen LogP contribution in [0.2, 0.25) is 0 Å². The maximum atomic E-state index is 13.8. The van der Waals surface area contributed by atoms with E-state index in [1.807, 2.05) is 11.0 Å². The summed E-state index contributed by atoms with van der Waals surface area (Å²) in [5, 5.41) is 0. The Morgan fingerprint density at radius 3 is 2.60 bits per heavy atom. The van der Waals surface area contributed by atoms with Crippen molar-refractivity contribution in [3.63, 3.8) is 0 Å². The summed E-state index contributed by atoms with van der Waals surface area (Å²) in [6.07, 6.45) is 1.91. The van der Waals surface area contributed by atoms with Gasteiger partial charge in [0.15, 0.2) is 0 Å². The molecule has 3 nitrogen and oxygen atoms in total. The molecule has 0 unspecified atom stereocenters. The summed E-state index contributed by atoms with van der Waals surface area (Å²) in [6.45, 7) is 7.79. The summed E-state index contributed by atoms with van der Waals surface area (Å²) in [5.74, 6) is 0.460. The Balaban J connectivity index is 2.46. The fourth-order valence-corrected chi connectivity index (χ4v) is 1.94. The van der Waals surface area contributed by atoms with Gasteiger partial charge >= 0.3 is 0 Å². The van der Waals surface area contributed by atoms with Gasteiger partial charge in [0.2, 0.25) is 0 Å². The third kappa shape index (κ3) is 6.35. The second-order valence-electron chi connectivity index (χ2n) is 5.38. The number of hydrogen-bond donors (Lipinski definition) is 1. The maximum Gasteiger partial charge on any atom is 0.146 e. The van der Waals surface area contributed by atoms with E-state index in [1.54, 1.807) is 12.1 Å². The fourth-order valence-electron chi connectivity index (χ4n) is 1.94. The van der Waals surface area contributed by atoms with Crippen LogP contribution in [-0.4, -0.2) is 32.8 Å². The number of nitrogens with two attached hydrogens (primary N) is 1. The van der Waals surface area contributed by atoms with Gasteiger partial charge in [0, 0.05) is 19.7 Å². The standard InChI is InChI=1S/C16H27FN2O/c1-14(2)8-12-20-13-11-19(10-5-9-18)16-7-4-3-6-15(16)17/h3-4,6-7,14H,5,8-13,18H2,1-2H3. The third-order valence-electron chi connectivity index (χ3n) is 3.17. The Morgan fingerprint density at radius 1 is 1.20 bits per heavy atom. The fraction of sp³-hybridized carbons (Fsp3) is 0.625. The Hall–Kier alpha value is -1.13. The molecule has 2 N–H and O–H groups in total. The molecule has 0 bridgehead atoms. The number of hydrogen-bond acceptors (Lipinski definition) is 3. The number of benzene rings is 1. The Labute approximate surface area is 121 Å². The van der Waals surface area contributed by atoms with E-state index >= 15 is 0 Å². The van der Waals surface area contributed by atoms with Gasteiger partial charge in [-0.2, -0.15) is 0 Å². The smallest absolute Gasteiger partial charge is 0.146 e. The molecule has 0 aliphatic heterocycles. The molecule has 1 rings (SSSR count). The van der Waals surface area contributed by atoms with Crippen LogP contribution in [-0.2, 0) is 4.74 Å². The molecular formula is C16H27FN2O. The minimum atomic E-state index is -0.188. The van der Waals surface area contributed by atoms with Gasteiger partial charge in [-0.25, -0.2) is 4.39 Å². The van der Waals surface area contributed by atoms with Crippen molar-refractivity contribution in [3.05, 3.63) is 30.1 Å². The lowest BCUT2D eigenvalue weighted by Gasteiger charge is -2.25. The van der Waals surface area contributed by atoms with Gasteiger partial charge in [0.05, 0.1) is 12.3 Å². The molecule has 0 spiro atoms. The van der Waals surface area contributed by atoms with E-state index < -0.39 is 0 Å². The van der Waals surface area contributed by atoms with Crippen molar-refractivity contribution in [1.82, 2.24) is 0 Å². The lowest BCUT2D eigenvalue weighted by molar-refractivity contribution is 0.129. The number of rotatable bonds is 10. The summed E-state index contributed by atoms with van der Waals surface area (Å²) in [5.41, 5.74) is 6.18. The molecule has 0 aromatic heterocycles. The van der Waals surface area contributed by atoms with Crippen molar-refractivity contribution < 1.29 is 9.13 Å². The lowest BCUT2D eigenvalue weighted by atomic mass is 10.1. The first-order chi connectivity index (χ1) is 9.65. The topological polar surface area (TPSA) is 38.5 Å². The van der Waals surface area contributed by atoms with E-state index in [0.29, 0.717) is 31.3 Å². The highest BCUT2D eigenvalue weighted by Gasteiger charge is 2.10. The number of para-hydroxylation sites is 1. The first-order valence-corrected chi connectivity index (χ1v) is 7.42. The summed E-state index contributed by atoms with van der Waals surface area (Å²) < 4.78 is 19.5. The zero-order valence-corrected chi connectivity index (χ0v) is 12.6. The molecule has 0 aliphatic rings. The summed E-state index contributed by atoms with van der Waals surface area (Å²) >= 11 is 0. The van der Waals surface area contributed by atoms with E-state index in [2.05, 4.69) is 13.8 Å². The molecule has 1 aromatic carbocycles. The largest absolute Gasteiger partial charge is 0.380 e. The monoisotopic (exact) mass is 282 g/mol. The first kappa shape index (κ1) is 16.9. The Bertz CT molecular complexity index is 371. The molecule has 0 aliphatic carbocycles. The van der Waals surface area contributed by atoms with Gasteiger partial charge in [-0.1, -0.05) is 26.0 Å². The van der Waals surface area contributed by atoms with Crippen molar-refractivity contribution in [2.75, 3.05) is 37.7 Å². The first-order valence-electron chi connectivity index (χ1n) is 7.42. The van der Waals surface area contributed by atoms with E-state index in [0.717, 1.165) is 26.0 Å². The van der Waals surface area contributed by atoms with Crippen molar-refractivity contribution >= 4 is 5.69 Å². The van der Waals surface area contributed by atoms with Crippen LogP contribution in [0, 0.1) is 11.7 Å². The van der Waals surface area contributed by atoms with Gasteiger partial charge in [0.1, 0.15) is 5.82 Å². The molecule has 0 atom stereocenters. The highest BCUT2D eigenvalue weighted by Crippen LogP contribution is 2.18. The normalized spacial score (nSPS) is 11.1. The summed E-state index contributed by atoms with van der Waals surface area (Å²) in [7, 11) is 0. The van der Waals surface area contributed by atoms with E-state index in [9.17, 15) is 4.39 Å². The average Bonchev–Trinajstić information content (AvgIpc) is 2.42. The second kappa shape index (κ2) is 9.72. The minimum absolute atomic E-state index is 0.188. The average molecular weight is 282 g/mol. The van der Waals surface area contributed by atoms with E-state index in [1.165, 1.54) is 6.07 Å². The molecule has 0 saturated carbocycles. The molecule has 20 heavy (non-hydrogen) atoms. The second-order valence-corrected chi connectivity index (χ2v) is 5.38. The zero-order valence-electron chi connectivity index (χ0n) is 12.6. The molecule has 4 heteroatoms. The Kier molecular flexibility index (Phi) is 8.23. The zero-order chi connectivity index (χ0) is 14.8. The van der Waals surface area contributed by atoms with Crippen LogP contribution in [0.4, 0.5) is 10.1 Å². The summed E-state index contributed by atoms with van der Waals surface area (Å²) in [6, 6.07) is 6.86. The summed E-state index contributed by atoms with van der Waals surface area (Å²) in [4.78, 5) is 2.01. The molecule has 0 radical (unpaired) electrons. The van der Waals surface area contributed by atoms with Crippen LogP contribution in [0.25, 0.3) is 0 Å². The van der Waals surface area contributed by atoms with Gasteiger partial charge in [-0.3, -0.25) is 0 Å². The van der Waals surface area contributed by atoms with Crippen LogP contribution in [0.3, 0.4) is 0 Å². The lowest BCUT2D eigenvalue weighted by Crippen LogP contribution is -2.30. The molecule has 1 aromatic rings. The van der Waals surface area contributed by atoms with Gasteiger partial charge in [0.25, 0.3) is 0 Å². The van der Waals surface area contributed by atoms with Crippen molar-refractivity contribution in [2.24, 2.45) is 11.7 Å².